The maximum atomic E-state index is 12.6. The Balaban J connectivity index is 2.18. The van der Waals surface area contributed by atoms with Gasteiger partial charge in [-0.1, -0.05) is 32.8 Å². The molecule has 1 aliphatic rings. The third-order valence-corrected chi connectivity index (χ3v) is 4.16. The average molecular weight is 300 g/mol. The smallest absolute Gasteiger partial charge is 0.252 e. The molecule has 1 amide bonds. The molecule has 0 aromatic heterocycles. The molecule has 0 unspecified atom stereocenters. The van der Waals surface area contributed by atoms with Crippen molar-refractivity contribution in [1.82, 2.24) is 5.32 Å². The van der Waals surface area contributed by atoms with E-state index in [9.17, 15) is 10.1 Å². The van der Waals surface area contributed by atoms with Gasteiger partial charge in [0.1, 0.15) is 5.54 Å². The summed E-state index contributed by atoms with van der Waals surface area (Å²) in [6.45, 7) is 5.39. The first kappa shape index (κ1) is 16.5. The van der Waals surface area contributed by atoms with Crippen LogP contribution < -0.4 is 5.32 Å². The van der Waals surface area contributed by atoms with Crippen LogP contribution >= 0.6 is 0 Å². The summed E-state index contributed by atoms with van der Waals surface area (Å²) in [4.78, 5) is 12.6. The number of ether oxygens (including phenoxy) is 1. The van der Waals surface area contributed by atoms with E-state index in [1.807, 2.05) is 32.0 Å². The summed E-state index contributed by atoms with van der Waals surface area (Å²) in [5.41, 5.74) is 2.20. The SMILES string of the molecule is CCCC(C#N)(CCC)NC(=O)c1ccc2c(c1)CCOC2. The Labute approximate surface area is 132 Å². The summed E-state index contributed by atoms with van der Waals surface area (Å²) in [7, 11) is 0. The number of nitrogens with zero attached hydrogens (tertiary/aromatic N) is 1. The molecule has 1 heterocycles. The molecule has 4 nitrogen and oxygen atoms in total. The van der Waals surface area contributed by atoms with Gasteiger partial charge in [-0.25, -0.2) is 0 Å². The number of hydrogen-bond donors (Lipinski definition) is 1. The van der Waals surface area contributed by atoms with Crippen molar-refractivity contribution in [3.8, 4) is 6.07 Å². The molecule has 0 bridgehead atoms. The Hall–Kier alpha value is -1.86. The molecular formula is C18H24N2O2. The van der Waals surface area contributed by atoms with Crippen molar-refractivity contribution in [3.63, 3.8) is 0 Å². The highest BCUT2D eigenvalue weighted by Crippen LogP contribution is 2.22. The molecule has 0 spiro atoms. The van der Waals surface area contributed by atoms with Crippen molar-refractivity contribution in [2.24, 2.45) is 0 Å². The topological polar surface area (TPSA) is 62.1 Å². The summed E-state index contributed by atoms with van der Waals surface area (Å²) in [5, 5.41) is 12.5. The van der Waals surface area contributed by atoms with Gasteiger partial charge in [-0.3, -0.25) is 4.79 Å². The quantitative estimate of drug-likeness (QED) is 0.876. The number of fused-ring (bicyclic) bond motifs is 1. The summed E-state index contributed by atoms with van der Waals surface area (Å²) in [6.07, 6.45) is 3.94. The first-order valence-electron chi connectivity index (χ1n) is 8.07. The minimum Gasteiger partial charge on any atom is -0.376 e. The van der Waals surface area contributed by atoms with E-state index < -0.39 is 5.54 Å². The van der Waals surface area contributed by atoms with Gasteiger partial charge in [0.25, 0.3) is 5.91 Å². The van der Waals surface area contributed by atoms with Gasteiger partial charge >= 0.3 is 0 Å². The largest absolute Gasteiger partial charge is 0.376 e. The van der Waals surface area contributed by atoms with E-state index in [0.717, 1.165) is 24.8 Å². The maximum Gasteiger partial charge on any atom is 0.252 e. The molecule has 1 aromatic rings. The fourth-order valence-electron chi connectivity index (χ4n) is 3.04. The van der Waals surface area contributed by atoms with Crippen molar-refractivity contribution in [2.45, 2.75) is 58.1 Å². The molecule has 0 fully saturated rings. The Kier molecular flexibility index (Phi) is 5.57. The lowest BCUT2D eigenvalue weighted by atomic mass is 9.89. The van der Waals surface area contributed by atoms with Gasteiger partial charge in [0, 0.05) is 5.56 Å². The number of carbonyl (C=O) groups is 1. The maximum absolute atomic E-state index is 12.6. The van der Waals surface area contributed by atoms with E-state index in [0.29, 0.717) is 31.6 Å². The van der Waals surface area contributed by atoms with Gasteiger partial charge in [0.15, 0.2) is 0 Å². The third-order valence-electron chi connectivity index (χ3n) is 4.16. The summed E-state index contributed by atoms with van der Waals surface area (Å²) in [5.74, 6) is -0.155. The lowest BCUT2D eigenvalue weighted by Gasteiger charge is -2.27. The van der Waals surface area contributed by atoms with E-state index in [4.69, 9.17) is 4.74 Å². The van der Waals surface area contributed by atoms with Crippen LogP contribution in [0, 0.1) is 11.3 Å². The van der Waals surface area contributed by atoms with Gasteiger partial charge in [-0.05, 0) is 42.5 Å². The van der Waals surface area contributed by atoms with Crippen LogP contribution in [0.3, 0.4) is 0 Å². The molecular weight excluding hydrogens is 276 g/mol. The highest BCUT2D eigenvalue weighted by Gasteiger charge is 2.30. The third kappa shape index (κ3) is 3.66. The standard InChI is InChI=1S/C18H24N2O2/c1-3-8-18(13-19,9-4-2)20-17(21)15-5-6-16-12-22-10-7-14(16)11-15/h5-6,11H,3-4,7-10,12H2,1-2H3,(H,20,21). The molecule has 1 N–H and O–H groups in total. The minimum atomic E-state index is -0.750. The Morgan fingerprint density at radius 3 is 2.68 bits per heavy atom. The van der Waals surface area contributed by atoms with E-state index >= 15 is 0 Å². The molecule has 1 aromatic carbocycles. The minimum absolute atomic E-state index is 0.155. The Morgan fingerprint density at radius 2 is 2.05 bits per heavy atom. The highest BCUT2D eigenvalue weighted by atomic mass is 16.5. The number of hydrogen-bond acceptors (Lipinski definition) is 3. The predicted molar refractivity (Wildman–Crippen MR) is 85.4 cm³/mol. The summed E-state index contributed by atoms with van der Waals surface area (Å²) >= 11 is 0. The van der Waals surface area contributed by atoms with Crippen LogP contribution in [0.2, 0.25) is 0 Å². The van der Waals surface area contributed by atoms with Crippen molar-refractivity contribution in [3.05, 3.63) is 34.9 Å². The van der Waals surface area contributed by atoms with Crippen LogP contribution in [0.4, 0.5) is 0 Å². The van der Waals surface area contributed by atoms with Crippen LogP contribution in [-0.2, 0) is 17.8 Å². The van der Waals surface area contributed by atoms with Crippen LogP contribution in [0.25, 0.3) is 0 Å². The molecule has 22 heavy (non-hydrogen) atoms. The second-order valence-corrected chi connectivity index (χ2v) is 5.93. The van der Waals surface area contributed by atoms with Crippen molar-refractivity contribution < 1.29 is 9.53 Å². The van der Waals surface area contributed by atoms with Crippen LogP contribution in [0.15, 0.2) is 18.2 Å². The average Bonchev–Trinajstić information content (AvgIpc) is 2.54. The number of nitrogens with one attached hydrogen (secondary N) is 1. The van der Waals surface area contributed by atoms with E-state index in [-0.39, 0.29) is 5.91 Å². The molecule has 0 saturated carbocycles. The van der Waals surface area contributed by atoms with Gasteiger partial charge in [-0.15, -0.1) is 0 Å². The zero-order valence-corrected chi connectivity index (χ0v) is 13.4. The van der Waals surface area contributed by atoms with Crippen LogP contribution in [0.5, 0.6) is 0 Å². The molecule has 2 rings (SSSR count). The number of rotatable bonds is 6. The zero-order valence-electron chi connectivity index (χ0n) is 13.4. The monoisotopic (exact) mass is 300 g/mol. The van der Waals surface area contributed by atoms with E-state index in [2.05, 4.69) is 11.4 Å². The van der Waals surface area contributed by atoms with Crippen molar-refractivity contribution >= 4 is 5.91 Å². The van der Waals surface area contributed by atoms with Crippen LogP contribution in [0.1, 0.15) is 61.0 Å². The van der Waals surface area contributed by atoms with Crippen molar-refractivity contribution in [1.29, 1.82) is 5.26 Å². The second-order valence-electron chi connectivity index (χ2n) is 5.93. The Morgan fingerprint density at radius 1 is 1.32 bits per heavy atom. The van der Waals surface area contributed by atoms with Gasteiger partial charge in [-0.2, -0.15) is 5.26 Å². The molecule has 0 saturated heterocycles. The number of benzene rings is 1. The van der Waals surface area contributed by atoms with Crippen molar-refractivity contribution in [2.75, 3.05) is 6.61 Å². The Bertz CT molecular complexity index is 569. The molecule has 0 atom stereocenters. The molecule has 0 aliphatic carbocycles. The van der Waals surface area contributed by atoms with Gasteiger partial charge in [0.05, 0.1) is 19.3 Å². The predicted octanol–water partition coefficient (Wildman–Crippen LogP) is 3.35. The lowest BCUT2D eigenvalue weighted by molar-refractivity contribution is 0.0909. The summed E-state index contributed by atoms with van der Waals surface area (Å²) < 4.78 is 5.41. The molecule has 0 radical (unpaired) electrons. The van der Waals surface area contributed by atoms with E-state index in [1.54, 1.807) is 0 Å². The van der Waals surface area contributed by atoms with E-state index in [1.165, 1.54) is 5.56 Å². The van der Waals surface area contributed by atoms with Crippen LogP contribution in [-0.4, -0.2) is 18.1 Å². The first-order valence-corrected chi connectivity index (χ1v) is 8.07. The lowest BCUT2D eigenvalue weighted by Crippen LogP contribution is -2.47. The number of amides is 1. The molecule has 1 aliphatic heterocycles. The van der Waals surface area contributed by atoms with Gasteiger partial charge in [0.2, 0.25) is 0 Å². The number of carbonyl (C=O) groups excluding carboxylic acids is 1. The summed E-state index contributed by atoms with van der Waals surface area (Å²) in [6, 6.07) is 8.04. The fraction of sp³-hybridized carbons (Fsp3) is 0.556. The fourth-order valence-corrected chi connectivity index (χ4v) is 3.04. The zero-order chi connectivity index (χ0) is 16.0. The normalized spacial score (nSPS) is 14.0. The molecule has 118 valence electrons. The van der Waals surface area contributed by atoms with Gasteiger partial charge < -0.3 is 10.1 Å². The number of nitriles is 1. The first-order chi connectivity index (χ1) is 10.6. The second kappa shape index (κ2) is 7.42. The highest BCUT2D eigenvalue weighted by molar-refractivity contribution is 5.95. The molecule has 4 heteroatoms.